The summed E-state index contributed by atoms with van der Waals surface area (Å²) in [7, 11) is 1.43. The maximum Gasteiger partial charge on any atom is 0.223 e. The molecule has 0 spiro atoms. The van der Waals surface area contributed by atoms with Gasteiger partial charge in [0.1, 0.15) is 11.3 Å². The van der Waals surface area contributed by atoms with Crippen molar-refractivity contribution in [2.24, 2.45) is 0 Å². The molecule has 2 rings (SSSR count). The number of hydrogen-bond acceptors (Lipinski definition) is 3. The predicted molar refractivity (Wildman–Crippen MR) is 139 cm³/mol. The van der Waals surface area contributed by atoms with Gasteiger partial charge in [0.15, 0.2) is 0 Å². The molecule has 0 aliphatic heterocycles. The van der Waals surface area contributed by atoms with Gasteiger partial charge in [0, 0.05) is 0 Å². The molecule has 0 bridgehead atoms. The van der Waals surface area contributed by atoms with Crippen molar-refractivity contribution in [1.82, 2.24) is 10.2 Å². The molecule has 0 saturated heterocycles. The summed E-state index contributed by atoms with van der Waals surface area (Å²) in [5.74, 6) is -0.691. The summed E-state index contributed by atoms with van der Waals surface area (Å²) in [5.41, 5.74) is 1.28. The number of rotatable bonds is 11. The van der Waals surface area contributed by atoms with Gasteiger partial charge in [0.2, 0.25) is 5.91 Å². The van der Waals surface area contributed by atoms with Crippen LogP contribution < -0.4 is 5.32 Å². The average molecular weight is 717 g/mol. The van der Waals surface area contributed by atoms with E-state index in [1.807, 2.05) is 60.7 Å². The zero-order valence-corrected chi connectivity index (χ0v) is 23.3. The molecular formula is C29H35FmN2O3-. The number of hydrogen-bond donors (Lipinski definition) is 1. The van der Waals surface area contributed by atoms with E-state index >= 15 is 0 Å². The maximum absolute atomic E-state index is 13.3. The molecule has 35 heavy (non-hydrogen) atoms. The molecule has 1 N–H and O–H groups in total. The Labute approximate surface area is 203 Å². The van der Waals surface area contributed by atoms with Gasteiger partial charge in [-0.25, -0.2) is 0 Å². The number of likely N-dealkylation sites (N-methyl/N-ethyl adjacent to an activating group) is 1. The summed E-state index contributed by atoms with van der Waals surface area (Å²) < 4.78 is 0. The fraction of sp³-hybridized carbons (Fsp3) is 0.276. The Morgan fingerprint density at radius 3 is 1.83 bits per heavy atom. The first kappa shape index (κ1) is 30.3. The van der Waals surface area contributed by atoms with E-state index in [0.29, 0.717) is 5.57 Å². The first-order valence-electron chi connectivity index (χ1n) is 11.3. The SMILES string of the molecule is C=C/C=C(\C=C)C(NC(=O)C[C@@H](C(C)=O)N(C)[C-]=O)(c1ccccc1)c1ccccc1.CCC.[Fm]. The summed E-state index contributed by atoms with van der Waals surface area (Å²) in [6.45, 7) is 13.4. The molecule has 1 atom stereocenters. The van der Waals surface area contributed by atoms with Crippen LogP contribution in [-0.2, 0) is 19.9 Å². The molecule has 0 saturated carbocycles. The molecule has 0 unspecified atom stereocenters. The van der Waals surface area contributed by atoms with Crippen LogP contribution in [0, 0.1) is 0 Å². The van der Waals surface area contributed by atoms with Crippen molar-refractivity contribution >= 4 is 18.1 Å². The van der Waals surface area contributed by atoms with E-state index in [0.717, 1.165) is 16.0 Å². The third-order valence-electron chi connectivity index (χ3n) is 5.15. The van der Waals surface area contributed by atoms with E-state index in [9.17, 15) is 14.4 Å². The summed E-state index contributed by atoms with van der Waals surface area (Å²) in [6.07, 6.45) is 7.84. The normalized spacial score (nSPS) is 11.5. The number of benzene rings is 2. The number of carbonyl (C=O) groups excluding carboxylic acids is 3. The van der Waals surface area contributed by atoms with E-state index in [1.165, 1.54) is 20.4 Å². The van der Waals surface area contributed by atoms with Crippen LogP contribution in [0.5, 0.6) is 0 Å². The van der Waals surface area contributed by atoms with Gasteiger partial charge < -0.3 is 15.0 Å². The van der Waals surface area contributed by atoms with Crippen molar-refractivity contribution in [1.29, 1.82) is 0 Å². The van der Waals surface area contributed by atoms with Gasteiger partial charge in [0.05, 0.1) is 12.5 Å². The van der Waals surface area contributed by atoms with Crippen molar-refractivity contribution in [3.63, 3.8) is 0 Å². The summed E-state index contributed by atoms with van der Waals surface area (Å²) in [6, 6.07) is 18.1. The molecule has 2 amide bonds. The molecule has 0 aliphatic rings. The van der Waals surface area contributed by atoms with Gasteiger partial charge >= 0.3 is 0 Å². The van der Waals surface area contributed by atoms with Crippen molar-refractivity contribution < 1.29 is 14.4 Å². The molecule has 0 fully saturated rings. The van der Waals surface area contributed by atoms with Crippen LogP contribution in [-0.4, -0.2) is 36.1 Å². The molecule has 0 heterocycles. The van der Waals surface area contributed by atoms with Crippen LogP contribution in [0.1, 0.15) is 44.7 Å². The van der Waals surface area contributed by atoms with E-state index in [4.69, 9.17) is 0 Å². The van der Waals surface area contributed by atoms with E-state index in [-0.39, 0.29) is 12.2 Å². The minimum atomic E-state index is -1.07. The Kier molecular flexibility index (Phi) is 13.1. The van der Waals surface area contributed by atoms with Gasteiger partial charge in [-0.1, -0.05) is 112 Å². The Balaban J connectivity index is 0.00000274. The molecule has 2 aromatic rings. The molecule has 6 heteroatoms. The van der Waals surface area contributed by atoms with Gasteiger partial charge in [-0.3, -0.25) is 9.59 Å². The van der Waals surface area contributed by atoms with Crippen LogP contribution in [0.15, 0.2) is 97.6 Å². The van der Waals surface area contributed by atoms with Crippen molar-refractivity contribution in [2.45, 2.75) is 45.2 Å². The third kappa shape index (κ3) is 7.67. The molecule has 192 valence electrons. The summed E-state index contributed by atoms with van der Waals surface area (Å²) in [5, 5.41) is 3.13. The van der Waals surface area contributed by atoms with Gasteiger partial charge in [-0.05, 0) is 30.7 Å². The van der Waals surface area contributed by atoms with Crippen LogP contribution in [0.2, 0.25) is 0 Å². The zero-order chi connectivity index (χ0) is 25.6. The number of nitrogens with one attached hydrogen (secondary N) is 1. The third-order valence-corrected chi connectivity index (χ3v) is 5.15. The van der Waals surface area contributed by atoms with Crippen LogP contribution >= 0.6 is 0 Å². The zero-order valence-electron chi connectivity index (χ0n) is 20.9. The summed E-state index contributed by atoms with van der Waals surface area (Å²) in [4.78, 5) is 37.5. The fourth-order valence-corrected chi connectivity index (χ4v) is 3.62. The number of allylic oxidation sites excluding steroid dienone is 2. The average Bonchev–Trinajstić information content (AvgIpc) is 2.85. The minimum Gasteiger partial charge on any atom is -0.520 e. The van der Waals surface area contributed by atoms with Gasteiger partial charge in [-0.15, -0.1) is 0 Å². The topological polar surface area (TPSA) is 66.5 Å². The van der Waals surface area contributed by atoms with Crippen LogP contribution in [0.25, 0.3) is 0 Å². The standard InChI is InChI=1S/C26H27N2O3.C3H8.Fm/c1-5-13-21(6-2)26(22-14-9-7-10-15-22,23-16-11-8-12-17-23)27-25(31)18-24(20(3)30)28(4)19-29;1-3-2;/h5-17,24H,1-2,18H2,3-4H3,(H,27,31);3H2,1-2H3;/q-1;;/b21-13+;;/t24-;;/m0../s1. The monoisotopic (exact) mass is 716 g/mol. The second-order valence-electron chi connectivity index (χ2n) is 7.83. The number of amides is 2. The first-order valence-corrected chi connectivity index (χ1v) is 11.3. The number of ketones is 1. The Morgan fingerprint density at radius 1 is 1.03 bits per heavy atom. The molecule has 0 aliphatic carbocycles. The maximum atomic E-state index is 13.3. The predicted octanol–water partition coefficient (Wildman–Crippen LogP) is 5.11. The molecule has 2 aromatic carbocycles. The van der Waals surface area contributed by atoms with Crippen LogP contribution in [0.4, 0.5) is 0 Å². The number of Topliss-reactive ketones (excluding diaryl/α,β-unsaturated/α-hetero) is 1. The van der Waals surface area contributed by atoms with Crippen molar-refractivity contribution in [3.05, 3.63) is 109 Å². The van der Waals surface area contributed by atoms with E-state index < -0.39 is 17.5 Å². The molecular weight excluding hydrogens is 681 g/mol. The van der Waals surface area contributed by atoms with Crippen molar-refractivity contribution in [3.8, 4) is 0 Å². The Bertz CT molecular complexity index is 948. The van der Waals surface area contributed by atoms with Crippen LogP contribution in [0.3, 0.4) is 0 Å². The second-order valence-corrected chi connectivity index (χ2v) is 7.83. The summed E-state index contributed by atoms with van der Waals surface area (Å²) >= 11 is 0. The smallest absolute Gasteiger partial charge is 0.223 e. The fourth-order valence-electron chi connectivity index (χ4n) is 3.62. The second kappa shape index (κ2) is 15.2. The Morgan fingerprint density at radius 2 is 1.49 bits per heavy atom. The van der Waals surface area contributed by atoms with Crippen molar-refractivity contribution in [2.75, 3.05) is 7.05 Å². The van der Waals surface area contributed by atoms with E-state index in [2.05, 4.69) is 32.3 Å². The number of nitrogens with zero attached hydrogens (tertiary/aromatic N) is 1. The molecule has 5 nitrogen and oxygen atoms in total. The van der Waals surface area contributed by atoms with Gasteiger partial charge in [-0.2, -0.15) is 6.41 Å². The largest absolute Gasteiger partial charge is 0.520 e. The molecule has 0 aromatic heterocycles. The quantitative estimate of drug-likeness (QED) is 0.200. The Hall–Kier alpha value is -4.73. The van der Waals surface area contributed by atoms with Gasteiger partial charge in [0.25, 0.3) is 0 Å². The number of carbonyl (C=O) groups is 2. The first-order chi connectivity index (χ1) is 16.3. The molecule has 0 radical (unpaired) electrons. The van der Waals surface area contributed by atoms with E-state index in [1.54, 1.807) is 24.6 Å². The minimum absolute atomic E-state index is 0.